The molecule has 4 nitrogen and oxygen atoms in total. The first kappa shape index (κ1) is 14.6. The molecule has 6 heteroatoms. The molecule has 0 aliphatic heterocycles. The number of nitrogens with one attached hydrogen (secondary N) is 1. The first-order valence-electron chi connectivity index (χ1n) is 6.10. The Morgan fingerprint density at radius 1 is 1.42 bits per heavy atom. The van der Waals surface area contributed by atoms with Crippen LogP contribution in [0.3, 0.4) is 0 Å². The van der Waals surface area contributed by atoms with Gasteiger partial charge in [-0.2, -0.15) is 0 Å². The second kappa shape index (κ2) is 6.54. The zero-order valence-electron chi connectivity index (χ0n) is 11.2. The van der Waals surface area contributed by atoms with E-state index >= 15 is 0 Å². The van der Waals surface area contributed by atoms with E-state index in [9.17, 15) is 0 Å². The monoisotopic (exact) mass is 340 g/mol. The summed E-state index contributed by atoms with van der Waals surface area (Å²) in [4.78, 5) is 1.20. The SMILES string of the molecule is CC(C)NCc1cc(Br)ccc1Sc1nncn1C. The lowest BCUT2D eigenvalue weighted by atomic mass is 10.2. The van der Waals surface area contributed by atoms with Gasteiger partial charge in [0.2, 0.25) is 0 Å². The molecule has 2 rings (SSSR count). The molecule has 0 saturated carbocycles. The largest absolute Gasteiger partial charge is 0.311 e. The summed E-state index contributed by atoms with van der Waals surface area (Å²) in [6.45, 7) is 5.14. The van der Waals surface area contributed by atoms with Crippen LogP contribution in [0.2, 0.25) is 0 Å². The van der Waals surface area contributed by atoms with Crippen LogP contribution in [0.25, 0.3) is 0 Å². The van der Waals surface area contributed by atoms with E-state index in [1.54, 1.807) is 18.1 Å². The van der Waals surface area contributed by atoms with E-state index in [1.165, 1.54) is 10.5 Å². The molecule has 1 N–H and O–H groups in total. The van der Waals surface area contributed by atoms with Gasteiger partial charge in [0.15, 0.2) is 5.16 Å². The van der Waals surface area contributed by atoms with E-state index in [4.69, 9.17) is 0 Å². The Morgan fingerprint density at radius 3 is 2.84 bits per heavy atom. The van der Waals surface area contributed by atoms with E-state index < -0.39 is 0 Å². The number of rotatable bonds is 5. The van der Waals surface area contributed by atoms with Gasteiger partial charge in [-0.15, -0.1) is 10.2 Å². The van der Waals surface area contributed by atoms with Crippen molar-refractivity contribution in [3.8, 4) is 0 Å². The molecule has 2 aromatic rings. The summed E-state index contributed by atoms with van der Waals surface area (Å²) in [5, 5.41) is 12.4. The van der Waals surface area contributed by atoms with Crippen LogP contribution in [0.4, 0.5) is 0 Å². The summed E-state index contributed by atoms with van der Waals surface area (Å²) in [6, 6.07) is 6.78. The van der Waals surface area contributed by atoms with Gasteiger partial charge < -0.3 is 9.88 Å². The highest BCUT2D eigenvalue weighted by Gasteiger charge is 2.09. The average molecular weight is 341 g/mol. The molecule has 0 saturated heterocycles. The lowest BCUT2D eigenvalue weighted by molar-refractivity contribution is 0.584. The molecule has 19 heavy (non-hydrogen) atoms. The molecule has 0 amide bonds. The van der Waals surface area contributed by atoms with Gasteiger partial charge >= 0.3 is 0 Å². The van der Waals surface area contributed by atoms with Gasteiger partial charge in [0, 0.05) is 29.0 Å². The standard InChI is InChI=1S/C13H17BrN4S/c1-9(2)15-7-10-6-11(14)4-5-12(10)19-13-17-16-8-18(13)3/h4-6,8-9,15H,7H2,1-3H3. The zero-order chi connectivity index (χ0) is 13.8. The fraction of sp³-hybridized carbons (Fsp3) is 0.385. The third-order valence-electron chi connectivity index (χ3n) is 2.59. The van der Waals surface area contributed by atoms with Crippen LogP contribution in [0, 0.1) is 0 Å². The smallest absolute Gasteiger partial charge is 0.195 e. The number of halogens is 1. The number of nitrogens with zero attached hydrogens (tertiary/aromatic N) is 3. The van der Waals surface area contributed by atoms with Crippen LogP contribution in [-0.4, -0.2) is 20.8 Å². The van der Waals surface area contributed by atoms with E-state index in [2.05, 4.69) is 63.5 Å². The molecule has 0 aliphatic carbocycles. The van der Waals surface area contributed by atoms with Gasteiger partial charge in [-0.05, 0) is 35.5 Å². The minimum Gasteiger partial charge on any atom is -0.311 e. The number of aryl methyl sites for hydroxylation is 1. The molecule has 0 fully saturated rings. The zero-order valence-corrected chi connectivity index (χ0v) is 13.6. The molecule has 0 atom stereocenters. The van der Waals surface area contributed by atoms with E-state index in [0.29, 0.717) is 6.04 Å². The van der Waals surface area contributed by atoms with E-state index in [0.717, 1.165) is 16.2 Å². The average Bonchev–Trinajstić information content (AvgIpc) is 2.75. The van der Waals surface area contributed by atoms with Gasteiger partial charge in [0.1, 0.15) is 6.33 Å². The maximum atomic E-state index is 4.11. The summed E-state index contributed by atoms with van der Waals surface area (Å²) in [5.74, 6) is 0. The first-order valence-corrected chi connectivity index (χ1v) is 7.71. The summed E-state index contributed by atoms with van der Waals surface area (Å²) < 4.78 is 3.02. The number of benzene rings is 1. The molecule has 1 heterocycles. The van der Waals surface area contributed by atoms with Crippen molar-refractivity contribution in [1.82, 2.24) is 20.1 Å². The molecule has 1 aromatic carbocycles. The molecule has 102 valence electrons. The summed E-state index contributed by atoms with van der Waals surface area (Å²) >= 11 is 5.16. The van der Waals surface area contributed by atoms with Crippen molar-refractivity contribution < 1.29 is 0 Å². The van der Waals surface area contributed by atoms with Gasteiger partial charge in [-0.3, -0.25) is 0 Å². The van der Waals surface area contributed by atoms with Gasteiger partial charge in [-0.1, -0.05) is 29.8 Å². The molecule has 0 bridgehead atoms. The van der Waals surface area contributed by atoms with Crippen LogP contribution >= 0.6 is 27.7 Å². The fourth-order valence-electron chi connectivity index (χ4n) is 1.56. The molecule has 1 aromatic heterocycles. The highest BCUT2D eigenvalue weighted by atomic mass is 79.9. The van der Waals surface area contributed by atoms with Crippen molar-refractivity contribution in [3.05, 3.63) is 34.6 Å². The minimum atomic E-state index is 0.464. The van der Waals surface area contributed by atoms with Crippen molar-refractivity contribution in [2.75, 3.05) is 0 Å². The number of aromatic nitrogens is 3. The van der Waals surface area contributed by atoms with Crippen LogP contribution in [0.1, 0.15) is 19.4 Å². The topological polar surface area (TPSA) is 42.7 Å². The molecular formula is C13H17BrN4S. The van der Waals surface area contributed by atoms with E-state index in [1.807, 2.05) is 11.6 Å². The predicted octanol–water partition coefficient (Wildman–Crippen LogP) is 3.23. The summed E-state index contributed by atoms with van der Waals surface area (Å²) in [5.41, 5.74) is 1.26. The highest BCUT2D eigenvalue weighted by molar-refractivity contribution is 9.10. The van der Waals surface area contributed by atoms with Gasteiger partial charge in [-0.25, -0.2) is 0 Å². The summed E-state index contributed by atoms with van der Waals surface area (Å²) in [7, 11) is 1.95. The van der Waals surface area contributed by atoms with Crippen molar-refractivity contribution in [2.45, 2.75) is 36.5 Å². The number of hydrogen-bond donors (Lipinski definition) is 1. The third kappa shape index (κ3) is 4.06. The first-order chi connectivity index (χ1) is 9.06. The third-order valence-corrected chi connectivity index (χ3v) is 4.26. The Kier molecular flexibility index (Phi) is 5.01. The Morgan fingerprint density at radius 2 is 2.21 bits per heavy atom. The molecule has 0 spiro atoms. The fourth-order valence-corrected chi connectivity index (χ4v) is 2.85. The van der Waals surface area contributed by atoms with Crippen LogP contribution in [-0.2, 0) is 13.6 Å². The van der Waals surface area contributed by atoms with Crippen LogP contribution in [0.5, 0.6) is 0 Å². The normalized spacial score (nSPS) is 11.2. The van der Waals surface area contributed by atoms with Crippen molar-refractivity contribution in [1.29, 1.82) is 0 Å². The van der Waals surface area contributed by atoms with E-state index in [-0.39, 0.29) is 0 Å². The molecule has 0 aliphatic rings. The Labute approximate surface area is 126 Å². The second-order valence-corrected chi connectivity index (χ2v) is 6.54. The Bertz CT molecular complexity index is 553. The second-order valence-electron chi connectivity index (χ2n) is 4.61. The quantitative estimate of drug-likeness (QED) is 0.907. The lowest BCUT2D eigenvalue weighted by Crippen LogP contribution is -2.22. The van der Waals surface area contributed by atoms with Crippen molar-refractivity contribution >= 4 is 27.7 Å². The van der Waals surface area contributed by atoms with Crippen molar-refractivity contribution in [2.24, 2.45) is 7.05 Å². The van der Waals surface area contributed by atoms with Crippen LogP contribution in [0.15, 0.2) is 39.1 Å². The molecular weight excluding hydrogens is 324 g/mol. The van der Waals surface area contributed by atoms with Crippen molar-refractivity contribution in [3.63, 3.8) is 0 Å². The van der Waals surface area contributed by atoms with Gasteiger partial charge in [0.25, 0.3) is 0 Å². The summed E-state index contributed by atoms with van der Waals surface area (Å²) in [6.07, 6.45) is 1.72. The maximum Gasteiger partial charge on any atom is 0.195 e. The Balaban J connectivity index is 2.21. The predicted molar refractivity (Wildman–Crippen MR) is 81.2 cm³/mol. The van der Waals surface area contributed by atoms with Gasteiger partial charge in [0.05, 0.1) is 0 Å². The number of hydrogen-bond acceptors (Lipinski definition) is 4. The highest BCUT2D eigenvalue weighted by Crippen LogP contribution is 2.30. The van der Waals surface area contributed by atoms with Crippen LogP contribution < -0.4 is 5.32 Å². The maximum absolute atomic E-state index is 4.11. The lowest BCUT2D eigenvalue weighted by Gasteiger charge is -2.12. The Hall–Kier alpha value is -0.850. The molecule has 0 unspecified atom stereocenters. The minimum absolute atomic E-state index is 0.464. The molecule has 0 radical (unpaired) electrons.